The van der Waals surface area contributed by atoms with Gasteiger partial charge in [-0.1, -0.05) is 0 Å². The zero-order valence-corrected chi connectivity index (χ0v) is 9.25. The number of epoxide rings is 1. The molecule has 10 heteroatoms. The van der Waals surface area contributed by atoms with Crippen molar-refractivity contribution in [3.8, 4) is 0 Å². The summed E-state index contributed by atoms with van der Waals surface area (Å²) < 4.78 is 68.0. The second-order valence-electron chi connectivity index (χ2n) is 3.19. The van der Waals surface area contributed by atoms with Crippen LogP contribution >= 0.6 is 0 Å². The summed E-state index contributed by atoms with van der Waals surface area (Å²) in [6, 6.07) is 0. The first-order valence-electron chi connectivity index (χ1n) is 4.49. The number of halogens is 3. The fourth-order valence-corrected chi connectivity index (χ4v) is 1.23. The maximum Gasteiger partial charge on any atom is 0.518 e. The lowest BCUT2D eigenvalue weighted by molar-refractivity contribution is -0.219. The molecule has 0 saturated carbocycles. The molecule has 0 aromatic rings. The van der Waals surface area contributed by atoms with E-state index in [4.69, 9.17) is 9.47 Å². The van der Waals surface area contributed by atoms with E-state index < -0.39 is 27.9 Å². The summed E-state index contributed by atoms with van der Waals surface area (Å²) in [5.74, 6) is -1.39. The fraction of sp³-hybridized carbons (Fsp3) is 0.857. The van der Waals surface area contributed by atoms with Crippen molar-refractivity contribution in [2.45, 2.75) is 18.0 Å². The number of hydrogen-bond donors (Lipinski definition) is 0. The Bertz CT molecular complexity index is 387. The maximum absolute atomic E-state index is 11.8. The Balaban J connectivity index is 2.37. The molecule has 1 heterocycles. The first-order chi connectivity index (χ1) is 7.72. The standard InChI is InChI=1S/C7H10F3NO5S/c8-7(9,10)17(13,14)11-6(12)1-2-15-3-5-4-16-5/h5H,1-4H2,(H,11,12)/p-1. The van der Waals surface area contributed by atoms with E-state index in [9.17, 15) is 26.7 Å². The van der Waals surface area contributed by atoms with E-state index in [1.807, 2.05) is 0 Å². The normalized spacial score (nSPS) is 21.6. The smallest absolute Gasteiger partial charge is 0.518 e. The van der Waals surface area contributed by atoms with Gasteiger partial charge >= 0.3 is 15.5 Å². The van der Waals surface area contributed by atoms with Crippen molar-refractivity contribution in [3.63, 3.8) is 0 Å². The highest BCUT2D eigenvalue weighted by atomic mass is 32.2. The molecule has 0 spiro atoms. The van der Waals surface area contributed by atoms with Crippen LogP contribution in [0.15, 0.2) is 4.40 Å². The number of nitrogens with zero attached hydrogens (tertiary/aromatic N) is 1. The lowest BCUT2D eigenvalue weighted by Crippen LogP contribution is -2.27. The molecule has 6 nitrogen and oxygen atoms in total. The maximum atomic E-state index is 11.8. The molecule has 0 aromatic carbocycles. The molecular formula is C7H9F3NO5S-. The number of ether oxygens (including phenoxy) is 2. The van der Waals surface area contributed by atoms with E-state index in [-0.39, 0.29) is 19.3 Å². The largest absolute Gasteiger partial charge is 0.861 e. The third-order valence-corrected chi connectivity index (χ3v) is 2.71. The van der Waals surface area contributed by atoms with Gasteiger partial charge in [-0.15, -0.1) is 0 Å². The molecule has 0 bridgehead atoms. The minimum atomic E-state index is -5.74. The first kappa shape index (κ1) is 14.2. The van der Waals surface area contributed by atoms with Gasteiger partial charge in [0.05, 0.1) is 19.8 Å². The van der Waals surface area contributed by atoms with Gasteiger partial charge in [0.2, 0.25) is 0 Å². The van der Waals surface area contributed by atoms with Crippen molar-refractivity contribution in [1.82, 2.24) is 0 Å². The summed E-state index contributed by atoms with van der Waals surface area (Å²) in [6.07, 6.45) is -0.567. The zero-order valence-electron chi connectivity index (χ0n) is 8.44. The number of sulfonamides is 1. The van der Waals surface area contributed by atoms with Gasteiger partial charge in [-0.05, 0) is 12.3 Å². The zero-order chi connectivity index (χ0) is 13.1. The Kier molecular flexibility index (Phi) is 4.33. The Morgan fingerprint density at radius 1 is 1.53 bits per heavy atom. The minimum absolute atomic E-state index is 0.0408. The molecule has 1 saturated heterocycles. The number of rotatable bonds is 6. The molecule has 17 heavy (non-hydrogen) atoms. The van der Waals surface area contributed by atoms with E-state index in [0.717, 1.165) is 0 Å². The van der Waals surface area contributed by atoms with Gasteiger partial charge in [0, 0.05) is 0 Å². The number of hydrogen-bond acceptors (Lipinski definition) is 5. The van der Waals surface area contributed by atoms with Crippen molar-refractivity contribution in [2.75, 3.05) is 19.8 Å². The highest BCUT2D eigenvalue weighted by Crippen LogP contribution is 2.24. The molecule has 0 aliphatic carbocycles. The summed E-state index contributed by atoms with van der Waals surface area (Å²) in [6.45, 7) is 0.565. The van der Waals surface area contributed by atoms with Gasteiger partial charge in [-0.3, -0.25) is 0 Å². The molecule has 1 unspecified atom stereocenters. The van der Waals surface area contributed by atoms with E-state index in [0.29, 0.717) is 6.61 Å². The van der Waals surface area contributed by atoms with Crippen molar-refractivity contribution in [1.29, 1.82) is 0 Å². The van der Waals surface area contributed by atoms with Crippen LogP contribution in [0.5, 0.6) is 0 Å². The van der Waals surface area contributed by atoms with Gasteiger partial charge in [0.1, 0.15) is 6.10 Å². The Morgan fingerprint density at radius 3 is 2.59 bits per heavy atom. The second kappa shape index (κ2) is 5.19. The molecule has 0 amide bonds. The van der Waals surface area contributed by atoms with Gasteiger partial charge in [0.25, 0.3) is 0 Å². The Labute approximate surface area is 95.1 Å². The van der Waals surface area contributed by atoms with Crippen LogP contribution in [0.25, 0.3) is 0 Å². The first-order valence-corrected chi connectivity index (χ1v) is 5.93. The summed E-state index contributed by atoms with van der Waals surface area (Å²) in [5.41, 5.74) is -5.55. The summed E-state index contributed by atoms with van der Waals surface area (Å²) in [7, 11) is -5.74. The highest BCUT2D eigenvalue weighted by Gasteiger charge is 2.45. The molecular weight excluding hydrogens is 267 g/mol. The van der Waals surface area contributed by atoms with Gasteiger partial charge in [-0.2, -0.15) is 26.0 Å². The predicted octanol–water partition coefficient (Wildman–Crippen LogP) is -0.600. The molecule has 1 aliphatic heterocycles. The predicted molar refractivity (Wildman–Crippen MR) is 47.6 cm³/mol. The minimum Gasteiger partial charge on any atom is -0.861 e. The van der Waals surface area contributed by atoms with Crippen LogP contribution in [-0.2, 0) is 19.5 Å². The molecule has 1 atom stereocenters. The average Bonchev–Trinajstić information content (AvgIpc) is 2.93. The Morgan fingerprint density at radius 2 is 2.12 bits per heavy atom. The molecule has 1 fully saturated rings. The van der Waals surface area contributed by atoms with Crippen molar-refractivity contribution in [2.24, 2.45) is 4.40 Å². The molecule has 0 aromatic heterocycles. The number of alkyl halides is 3. The fourth-order valence-electron chi connectivity index (χ4n) is 0.770. The van der Waals surface area contributed by atoms with Crippen LogP contribution in [0.2, 0.25) is 0 Å². The third kappa shape index (κ3) is 4.88. The lowest BCUT2D eigenvalue weighted by Gasteiger charge is -2.11. The molecule has 0 N–H and O–H groups in total. The van der Waals surface area contributed by atoms with Crippen LogP contribution in [0.3, 0.4) is 0 Å². The van der Waals surface area contributed by atoms with Crippen LogP contribution in [-0.4, -0.2) is 45.7 Å². The summed E-state index contributed by atoms with van der Waals surface area (Å²) >= 11 is 0. The molecule has 1 aliphatic rings. The summed E-state index contributed by atoms with van der Waals surface area (Å²) in [4.78, 5) is 0. The Hall–Kier alpha value is -0.870. The third-order valence-electron chi connectivity index (χ3n) is 1.68. The molecule has 100 valence electrons. The van der Waals surface area contributed by atoms with Crippen LogP contribution in [0.1, 0.15) is 6.42 Å². The van der Waals surface area contributed by atoms with Crippen LogP contribution in [0.4, 0.5) is 13.2 Å². The highest BCUT2D eigenvalue weighted by molar-refractivity contribution is 7.91. The average molecular weight is 276 g/mol. The van der Waals surface area contributed by atoms with Gasteiger partial charge in [-0.25, -0.2) is 0 Å². The van der Waals surface area contributed by atoms with Crippen molar-refractivity contribution < 1.29 is 36.2 Å². The van der Waals surface area contributed by atoms with E-state index >= 15 is 0 Å². The van der Waals surface area contributed by atoms with E-state index in [1.54, 1.807) is 0 Å². The van der Waals surface area contributed by atoms with Gasteiger partial charge < -0.3 is 14.6 Å². The van der Waals surface area contributed by atoms with Crippen LogP contribution in [0, 0.1) is 0 Å². The molecule has 1 rings (SSSR count). The molecule has 0 radical (unpaired) electrons. The second-order valence-corrected chi connectivity index (χ2v) is 4.78. The van der Waals surface area contributed by atoms with E-state index in [2.05, 4.69) is 4.40 Å². The SMILES string of the molecule is O=S(=O)(/N=C(\[O-])CCOCC1CO1)C(F)(F)F. The lowest BCUT2D eigenvalue weighted by atomic mass is 10.4. The monoisotopic (exact) mass is 276 g/mol. The van der Waals surface area contributed by atoms with Gasteiger partial charge in [0.15, 0.2) is 0 Å². The summed E-state index contributed by atoms with van der Waals surface area (Å²) in [5, 5.41) is 10.8. The topological polar surface area (TPSA) is 91.3 Å². The van der Waals surface area contributed by atoms with Crippen molar-refractivity contribution in [3.05, 3.63) is 0 Å². The van der Waals surface area contributed by atoms with E-state index in [1.165, 1.54) is 0 Å². The van der Waals surface area contributed by atoms with Crippen molar-refractivity contribution >= 4 is 15.9 Å². The quantitative estimate of drug-likeness (QED) is 0.279. The van der Waals surface area contributed by atoms with Crippen LogP contribution < -0.4 is 5.11 Å².